The minimum absolute atomic E-state index is 0.00222. The highest BCUT2D eigenvalue weighted by atomic mass is 28.4. The Morgan fingerprint density at radius 1 is 0.976 bits per heavy atom. The fraction of sp³-hybridized carbons (Fsp3) is 0.400. The molecule has 0 saturated carbocycles. The van der Waals surface area contributed by atoms with Crippen molar-refractivity contribution < 1.29 is 33.4 Å². The van der Waals surface area contributed by atoms with Gasteiger partial charge in [0.2, 0.25) is 0 Å². The lowest BCUT2D eigenvalue weighted by atomic mass is 10.0. The van der Waals surface area contributed by atoms with Crippen LogP contribution in [-0.2, 0) is 28.2 Å². The van der Waals surface area contributed by atoms with Crippen molar-refractivity contribution in [1.29, 1.82) is 5.41 Å². The first kappa shape index (κ1) is 30.2. The van der Waals surface area contributed by atoms with Gasteiger partial charge in [-0.2, -0.15) is 4.73 Å². The molecule has 0 amide bonds. The van der Waals surface area contributed by atoms with Gasteiger partial charge in [-0.3, -0.25) is 15.0 Å². The second-order valence-corrected chi connectivity index (χ2v) is 15.5. The average Bonchev–Trinajstić information content (AvgIpc) is 3.22. The number of aromatic nitrogens is 2. The molecule has 0 aliphatic carbocycles. The monoisotopic (exact) mass is 579 g/mol. The highest BCUT2D eigenvalue weighted by molar-refractivity contribution is 6.99. The molecule has 1 aliphatic rings. The summed E-state index contributed by atoms with van der Waals surface area (Å²) in [4.78, 5) is 28.8. The van der Waals surface area contributed by atoms with E-state index >= 15 is 0 Å². The maximum Gasteiger partial charge on any atom is 0.303 e. The van der Waals surface area contributed by atoms with Crippen LogP contribution in [0.15, 0.2) is 66.9 Å². The second kappa shape index (κ2) is 12.0. The zero-order valence-electron chi connectivity index (χ0n) is 24.2. The summed E-state index contributed by atoms with van der Waals surface area (Å²) in [6.45, 7) is 10.6. The number of hydrogen-bond donors (Lipinski definition) is 2. The van der Waals surface area contributed by atoms with Crippen LogP contribution >= 0.6 is 0 Å². The quantitative estimate of drug-likeness (QED) is 0.237. The van der Waals surface area contributed by atoms with E-state index in [1.165, 1.54) is 20.0 Å². The Kier molecular flexibility index (Phi) is 8.81. The van der Waals surface area contributed by atoms with Crippen molar-refractivity contribution in [1.82, 2.24) is 9.71 Å². The van der Waals surface area contributed by atoms with Gasteiger partial charge in [0, 0.05) is 13.8 Å². The second-order valence-electron chi connectivity index (χ2n) is 11.2. The maximum atomic E-state index is 12.3. The molecule has 1 aliphatic heterocycles. The number of hydrogen-bond acceptors (Lipinski definition) is 9. The smallest absolute Gasteiger partial charge is 0.303 e. The lowest BCUT2D eigenvalue weighted by Gasteiger charge is -2.43. The van der Waals surface area contributed by atoms with Crippen LogP contribution < -0.4 is 15.9 Å². The molecule has 0 spiro atoms. The third kappa shape index (κ3) is 6.12. The van der Waals surface area contributed by atoms with Crippen LogP contribution in [0.2, 0.25) is 5.04 Å². The SMILES string of the molecule is CC(=O)O[C@@H]1[C@H](OC(C)=O)[C@@H](CO[Si](c2ccccc2)(c2ccccc2)C(C)(C)C)O[C@H]1c1nc(C)cn(O)c1=N. The van der Waals surface area contributed by atoms with Gasteiger partial charge < -0.3 is 23.8 Å². The number of carbonyl (C=O) groups excluding carboxylic acids is 2. The van der Waals surface area contributed by atoms with E-state index in [1.54, 1.807) is 6.92 Å². The third-order valence-corrected chi connectivity index (χ3v) is 12.1. The molecule has 3 aromatic rings. The number of carbonyl (C=O) groups is 2. The highest BCUT2D eigenvalue weighted by Crippen LogP contribution is 2.40. The molecule has 1 fully saturated rings. The fourth-order valence-corrected chi connectivity index (χ4v) is 10.1. The summed E-state index contributed by atoms with van der Waals surface area (Å²) in [7, 11) is -3.00. The zero-order chi connectivity index (χ0) is 29.9. The lowest BCUT2D eigenvalue weighted by molar-refractivity contribution is -0.164. The Morgan fingerprint density at radius 2 is 1.49 bits per heavy atom. The molecule has 0 bridgehead atoms. The van der Waals surface area contributed by atoms with Crippen molar-refractivity contribution in [2.45, 2.75) is 71.0 Å². The molecule has 10 nitrogen and oxygen atoms in total. The summed E-state index contributed by atoms with van der Waals surface area (Å²) in [5.41, 5.74) is 0.122. The van der Waals surface area contributed by atoms with Gasteiger partial charge in [0.1, 0.15) is 17.9 Å². The molecule has 1 saturated heterocycles. The van der Waals surface area contributed by atoms with Gasteiger partial charge in [-0.05, 0) is 22.3 Å². The van der Waals surface area contributed by atoms with Gasteiger partial charge in [0.25, 0.3) is 8.32 Å². The first-order chi connectivity index (χ1) is 19.3. The molecule has 1 aromatic heterocycles. The Balaban J connectivity index is 1.81. The third-order valence-electron chi connectivity index (χ3n) is 7.14. The Bertz CT molecular complexity index is 1400. The van der Waals surface area contributed by atoms with Crippen LogP contribution in [0.4, 0.5) is 0 Å². The molecule has 41 heavy (non-hydrogen) atoms. The molecular formula is C30H37N3O7Si. The number of nitrogens with one attached hydrogen (secondary N) is 1. The summed E-state index contributed by atoms with van der Waals surface area (Å²) >= 11 is 0. The number of rotatable bonds is 8. The number of benzene rings is 2. The number of aryl methyl sites for hydroxylation is 1. The summed E-state index contributed by atoms with van der Waals surface area (Å²) in [6.07, 6.45) is -2.85. The first-order valence-electron chi connectivity index (χ1n) is 13.4. The molecule has 218 valence electrons. The van der Waals surface area contributed by atoms with Crippen LogP contribution in [0.1, 0.15) is 52.1 Å². The van der Waals surface area contributed by atoms with Crippen molar-refractivity contribution in [3.8, 4) is 0 Å². The molecule has 4 rings (SSSR count). The van der Waals surface area contributed by atoms with E-state index in [0.717, 1.165) is 10.4 Å². The molecule has 4 atom stereocenters. The Labute approximate surface area is 240 Å². The molecule has 11 heteroatoms. The summed E-state index contributed by atoms with van der Waals surface area (Å²) in [5.74, 6) is -1.21. The molecule has 0 unspecified atom stereocenters. The van der Waals surface area contributed by atoms with Crippen molar-refractivity contribution >= 4 is 30.6 Å². The normalized spacial score (nSPS) is 20.9. The van der Waals surface area contributed by atoms with Crippen LogP contribution in [-0.4, -0.2) is 60.1 Å². The van der Waals surface area contributed by atoms with E-state index in [0.29, 0.717) is 10.4 Å². The van der Waals surface area contributed by atoms with Gasteiger partial charge in [-0.25, -0.2) is 4.98 Å². The van der Waals surface area contributed by atoms with Crippen LogP contribution in [0.25, 0.3) is 0 Å². The van der Waals surface area contributed by atoms with Gasteiger partial charge in [0.15, 0.2) is 17.7 Å². The van der Waals surface area contributed by atoms with Crippen LogP contribution in [0.5, 0.6) is 0 Å². The highest BCUT2D eigenvalue weighted by Gasteiger charge is 2.54. The zero-order valence-corrected chi connectivity index (χ0v) is 25.2. The molecule has 2 aromatic carbocycles. The summed E-state index contributed by atoms with van der Waals surface area (Å²) < 4.78 is 25.4. The van der Waals surface area contributed by atoms with Crippen LogP contribution in [0.3, 0.4) is 0 Å². The summed E-state index contributed by atoms with van der Waals surface area (Å²) in [6, 6.07) is 20.1. The van der Waals surface area contributed by atoms with Crippen molar-refractivity contribution in [2.75, 3.05) is 6.61 Å². The van der Waals surface area contributed by atoms with E-state index in [1.807, 2.05) is 36.4 Å². The topological polar surface area (TPSA) is 133 Å². The van der Waals surface area contributed by atoms with E-state index in [9.17, 15) is 14.8 Å². The predicted octanol–water partition coefficient (Wildman–Crippen LogP) is 2.79. The Morgan fingerprint density at radius 3 is 1.98 bits per heavy atom. The van der Waals surface area contributed by atoms with Crippen LogP contribution in [0, 0.1) is 12.3 Å². The molecule has 2 N–H and O–H groups in total. The average molecular weight is 580 g/mol. The number of nitrogens with zero attached hydrogens (tertiary/aromatic N) is 2. The maximum absolute atomic E-state index is 12.3. The minimum Gasteiger partial charge on any atom is -0.456 e. The van der Waals surface area contributed by atoms with E-state index < -0.39 is 44.7 Å². The van der Waals surface area contributed by atoms with E-state index in [4.69, 9.17) is 24.0 Å². The largest absolute Gasteiger partial charge is 0.456 e. The fourth-order valence-electron chi connectivity index (χ4n) is 5.53. The molecule has 2 heterocycles. The summed E-state index contributed by atoms with van der Waals surface area (Å²) in [5, 5.41) is 20.5. The minimum atomic E-state index is -3.00. The van der Waals surface area contributed by atoms with Crippen molar-refractivity contribution in [3.63, 3.8) is 0 Å². The first-order valence-corrected chi connectivity index (χ1v) is 15.3. The molecular weight excluding hydrogens is 542 g/mol. The van der Waals surface area contributed by atoms with Gasteiger partial charge in [-0.15, -0.1) is 0 Å². The van der Waals surface area contributed by atoms with E-state index in [2.05, 4.69) is 50.0 Å². The lowest BCUT2D eigenvalue weighted by Crippen LogP contribution is -2.67. The van der Waals surface area contributed by atoms with E-state index in [-0.39, 0.29) is 22.8 Å². The predicted molar refractivity (Wildman–Crippen MR) is 152 cm³/mol. The number of ether oxygens (including phenoxy) is 3. The number of esters is 2. The van der Waals surface area contributed by atoms with Gasteiger partial charge in [0.05, 0.1) is 18.5 Å². The standard InChI is InChI=1S/C30H37N3O7Si/c1-19-17-33(36)29(31)25(32-19)27-28(39-21(3)35)26(38-20(2)34)24(40-27)18-37-41(30(4,5)6,22-13-9-7-10-14-22)23-15-11-8-12-16-23/h7-17,24,26-28,31,36H,18H2,1-6H3/t24-,26-,27+,28-/m1/s1. The van der Waals surface area contributed by atoms with Crippen molar-refractivity contribution in [2.24, 2.45) is 0 Å². The molecule has 0 radical (unpaired) electrons. The van der Waals surface area contributed by atoms with Gasteiger partial charge in [-0.1, -0.05) is 81.4 Å². The van der Waals surface area contributed by atoms with Gasteiger partial charge >= 0.3 is 11.9 Å². The van der Waals surface area contributed by atoms with Crippen molar-refractivity contribution in [3.05, 3.63) is 83.7 Å². The Hall–Kier alpha value is -3.80.